The summed E-state index contributed by atoms with van der Waals surface area (Å²) in [4.78, 5) is 11.5. The van der Waals surface area contributed by atoms with Gasteiger partial charge in [-0.3, -0.25) is 4.79 Å². The molecule has 1 heterocycles. The number of aromatic nitrogens is 1. The fourth-order valence-corrected chi connectivity index (χ4v) is 3.40. The number of carboxylic acids is 1. The molecular weight excluding hydrogens is 314 g/mol. The van der Waals surface area contributed by atoms with Gasteiger partial charge in [-0.2, -0.15) is 0 Å². The Kier molecular flexibility index (Phi) is 5.08. The lowest BCUT2D eigenvalue weighted by Gasteiger charge is -2.12. The van der Waals surface area contributed by atoms with E-state index in [4.69, 9.17) is 4.74 Å². The zero-order valence-corrected chi connectivity index (χ0v) is 14.7. The molecule has 0 bridgehead atoms. The van der Waals surface area contributed by atoms with Crippen LogP contribution in [0.25, 0.3) is 10.9 Å². The summed E-state index contributed by atoms with van der Waals surface area (Å²) < 4.78 is 7.61. The minimum atomic E-state index is -0.807. The van der Waals surface area contributed by atoms with Crippen molar-refractivity contribution in [2.45, 2.75) is 32.7 Å². The van der Waals surface area contributed by atoms with Crippen LogP contribution in [0.2, 0.25) is 0 Å². The first-order valence-electron chi connectivity index (χ1n) is 8.57. The Labute approximate surface area is 147 Å². The second-order valence-corrected chi connectivity index (χ2v) is 6.20. The molecule has 25 heavy (non-hydrogen) atoms. The number of benzene rings is 2. The van der Waals surface area contributed by atoms with Crippen LogP contribution in [0.3, 0.4) is 0 Å². The van der Waals surface area contributed by atoms with E-state index >= 15 is 0 Å². The zero-order valence-electron chi connectivity index (χ0n) is 14.7. The van der Waals surface area contributed by atoms with Gasteiger partial charge in [0.25, 0.3) is 0 Å². The fourth-order valence-electron chi connectivity index (χ4n) is 3.40. The zero-order chi connectivity index (χ0) is 17.8. The summed E-state index contributed by atoms with van der Waals surface area (Å²) in [5.41, 5.74) is 4.27. The molecule has 2 aromatic carbocycles. The van der Waals surface area contributed by atoms with Gasteiger partial charge in [0, 0.05) is 23.1 Å². The highest BCUT2D eigenvalue weighted by Gasteiger charge is 2.19. The normalized spacial score (nSPS) is 11.0. The summed E-state index contributed by atoms with van der Waals surface area (Å²) in [5.74, 6) is -0.0574. The Morgan fingerprint density at radius 1 is 1.16 bits per heavy atom. The van der Waals surface area contributed by atoms with Crippen molar-refractivity contribution in [3.05, 3.63) is 65.4 Å². The second-order valence-electron chi connectivity index (χ2n) is 6.20. The quantitative estimate of drug-likeness (QED) is 0.700. The summed E-state index contributed by atoms with van der Waals surface area (Å²) >= 11 is 0. The molecule has 0 atom stereocenters. The molecular formula is C21H23NO3. The minimum absolute atomic E-state index is 0.0286. The third-order valence-electron chi connectivity index (χ3n) is 4.49. The molecule has 0 aliphatic carbocycles. The van der Waals surface area contributed by atoms with Crippen molar-refractivity contribution in [1.82, 2.24) is 4.57 Å². The third kappa shape index (κ3) is 3.53. The predicted octanol–water partition coefficient (Wildman–Crippen LogP) is 4.28. The molecule has 0 amide bonds. The van der Waals surface area contributed by atoms with Gasteiger partial charge in [-0.25, -0.2) is 0 Å². The van der Waals surface area contributed by atoms with Crippen LogP contribution in [0.15, 0.2) is 48.5 Å². The number of methoxy groups -OCH3 is 1. The number of ether oxygens (including phenoxy) is 1. The summed E-state index contributed by atoms with van der Waals surface area (Å²) in [5, 5.41) is 10.4. The fraction of sp³-hybridized carbons (Fsp3) is 0.286. The predicted molar refractivity (Wildman–Crippen MR) is 99.4 cm³/mol. The van der Waals surface area contributed by atoms with Crippen LogP contribution in [0.1, 0.15) is 30.2 Å². The van der Waals surface area contributed by atoms with Gasteiger partial charge in [-0.05, 0) is 35.7 Å². The number of fused-ring (bicyclic) bond motifs is 1. The van der Waals surface area contributed by atoms with E-state index < -0.39 is 5.97 Å². The molecule has 0 saturated heterocycles. The standard InChI is InChI=1S/C21H23NO3/c1-3-7-19-18(13-21(23)24)17-12-16(25-2)10-11-20(17)22(19)14-15-8-5-4-6-9-15/h4-6,8-12H,3,7,13-14H2,1-2H3,(H,23,24). The Morgan fingerprint density at radius 2 is 1.92 bits per heavy atom. The van der Waals surface area contributed by atoms with Gasteiger partial charge in [0.1, 0.15) is 5.75 Å². The number of hydrogen-bond donors (Lipinski definition) is 1. The second kappa shape index (κ2) is 7.43. The molecule has 3 rings (SSSR count). The van der Waals surface area contributed by atoms with Crippen LogP contribution in [-0.2, 0) is 24.2 Å². The van der Waals surface area contributed by atoms with E-state index in [-0.39, 0.29) is 6.42 Å². The maximum absolute atomic E-state index is 11.5. The van der Waals surface area contributed by atoms with E-state index in [1.165, 1.54) is 5.56 Å². The topological polar surface area (TPSA) is 51.5 Å². The average molecular weight is 337 g/mol. The maximum Gasteiger partial charge on any atom is 0.307 e. The van der Waals surface area contributed by atoms with E-state index in [1.807, 2.05) is 36.4 Å². The van der Waals surface area contributed by atoms with Gasteiger partial charge in [-0.1, -0.05) is 43.7 Å². The molecule has 0 aliphatic rings. The third-order valence-corrected chi connectivity index (χ3v) is 4.49. The summed E-state index contributed by atoms with van der Waals surface area (Å²) in [6.45, 7) is 2.86. The first-order chi connectivity index (χ1) is 12.1. The minimum Gasteiger partial charge on any atom is -0.497 e. The average Bonchev–Trinajstić information content (AvgIpc) is 2.88. The van der Waals surface area contributed by atoms with Crippen molar-refractivity contribution < 1.29 is 14.6 Å². The summed E-state index contributed by atoms with van der Waals surface area (Å²) in [6.07, 6.45) is 1.85. The maximum atomic E-state index is 11.5. The highest BCUT2D eigenvalue weighted by Crippen LogP contribution is 2.31. The van der Waals surface area contributed by atoms with Crippen LogP contribution in [0, 0.1) is 0 Å². The van der Waals surface area contributed by atoms with Crippen LogP contribution in [0.5, 0.6) is 5.75 Å². The van der Waals surface area contributed by atoms with Crippen LogP contribution in [0.4, 0.5) is 0 Å². The Bertz CT molecular complexity index is 881. The molecule has 0 unspecified atom stereocenters. The molecule has 4 nitrogen and oxygen atoms in total. The van der Waals surface area contributed by atoms with Gasteiger partial charge in [0.05, 0.1) is 13.5 Å². The molecule has 0 spiro atoms. The number of aliphatic carboxylic acids is 1. The number of carbonyl (C=O) groups is 1. The Hall–Kier alpha value is -2.75. The highest BCUT2D eigenvalue weighted by molar-refractivity contribution is 5.90. The lowest BCUT2D eigenvalue weighted by Crippen LogP contribution is -2.08. The van der Waals surface area contributed by atoms with Crippen molar-refractivity contribution >= 4 is 16.9 Å². The van der Waals surface area contributed by atoms with E-state index in [1.54, 1.807) is 7.11 Å². The Morgan fingerprint density at radius 3 is 2.56 bits per heavy atom. The van der Waals surface area contributed by atoms with E-state index in [0.717, 1.165) is 47.3 Å². The molecule has 0 saturated carbocycles. The summed E-state index contributed by atoms with van der Waals surface area (Å²) in [6, 6.07) is 16.2. The van der Waals surface area contributed by atoms with Gasteiger partial charge >= 0.3 is 5.97 Å². The van der Waals surface area contributed by atoms with E-state index in [2.05, 4.69) is 23.6 Å². The molecule has 130 valence electrons. The number of nitrogens with zero attached hydrogens (tertiary/aromatic N) is 1. The highest BCUT2D eigenvalue weighted by atomic mass is 16.5. The largest absolute Gasteiger partial charge is 0.497 e. The summed E-state index contributed by atoms with van der Waals surface area (Å²) in [7, 11) is 1.63. The lowest BCUT2D eigenvalue weighted by atomic mass is 10.0. The van der Waals surface area contributed by atoms with E-state index in [0.29, 0.717) is 0 Å². The van der Waals surface area contributed by atoms with Gasteiger partial charge in [-0.15, -0.1) is 0 Å². The molecule has 1 N–H and O–H groups in total. The van der Waals surface area contributed by atoms with Crippen LogP contribution >= 0.6 is 0 Å². The van der Waals surface area contributed by atoms with Gasteiger partial charge in [0.2, 0.25) is 0 Å². The van der Waals surface area contributed by atoms with Gasteiger partial charge in [0.15, 0.2) is 0 Å². The Balaban J connectivity index is 2.21. The van der Waals surface area contributed by atoms with Crippen LogP contribution < -0.4 is 4.74 Å². The first-order valence-corrected chi connectivity index (χ1v) is 8.57. The smallest absolute Gasteiger partial charge is 0.307 e. The van der Waals surface area contributed by atoms with Crippen molar-refractivity contribution in [1.29, 1.82) is 0 Å². The van der Waals surface area contributed by atoms with Crippen molar-refractivity contribution in [3.8, 4) is 5.75 Å². The molecule has 0 radical (unpaired) electrons. The lowest BCUT2D eigenvalue weighted by molar-refractivity contribution is -0.136. The van der Waals surface area contributed by atoms with Crippen molar-refractivity contribution in [3.63, 3.8) is 0 Å². The first kappa shape index (κ1) is 17.1. The number of rotatable bonds is 7. The monoisotopic (exact) mass is 337 g/mol. The molecule has 4 heteroatoms. The molecule has 0 aliphatic heterocycles. The molecule has 3 aromatic rings. The van der Waals surface area contributed by atoms with Crippen molar-refractivity contribution in [2.24, 2.45) is 0 Å². The SMILES string of the molecule is CCCc1c(CC(=O)O)c2cc(OC)ccc2n1Cc1ccccc1. The number of carboxylic acid groups (broad SMARTS) is 1. The van der Waals surface area contributed by atoms with Crippen LogP contribution in [-0.4, -0.2) is 22.8 Å². The van der Waals surface area contributed by atoms with Gasteiger partial charge < -0.3 is 14.4 Å². The van der Waals surface area contributed by atoms with Crippen molar-refractivity contribution in [2.75, 3.05) is 7.11 Å². The number of hydrogen-bond acceptors (Lipinski definition) is 2. The molecule has 1 aromatic heterocycles. The van der Waals surface area contributed by atoms with E-state index in [9.17, 15) is 9.90 Å². The molecule has 0 fully saturated rings.